The fourth-order valence-electron chi connectivity index (χ4n) is 2.49. The molecule has 0 bridgehead atoms. The normalized spacial score (nSPS) is 10.1. The van der Waals surface area contributed by atoms with E-state index in [9.17, 15) is 4.79 Å². The molecule has 2 N–H and O–H groups in total. The van der Waals surface area contributed by atoms with Crippen LogP contribution in [0.25, 0.3) is 0 Å². The summed E-state index contributed by atoms with van der Waals surface area (Å²) in [5, 5.41) is 5.59. The van der Waals surface area contributed by atoms with Crippen LogP contribution in [0.15, 0.2) is 72.8 Å². The van der Waals surface area contributed by atoms with Gasteiger partial charge in [-0.15, -0.1) is 0 Å². The van der Waals surface area contributed by atoms with Gasteiger partial charge in [-0.3, -0.25) is 0 Å². The number of urea groups is 1. The number of aryl methyl sites for hydroxylation is 1. The van der Waals surface area contributed by atoms with E-state index in [4.69, 9.17) is 9.47 Å². The zero-order valence-corrected chi connectivity index (χ0v) is 14.7. The maximum absolute atomic E-state index is 12.2. The van der Waals surface area contributed by atoms with Gasteiger partial charge in [0.1, 0.15) is 17.2 Å². The van der Waals surface area contributed by atoms with E-state index < -0.39 is 0 Å². The lowest BCUT2D eigenvalue weighted by molar-refractivity contribution is 0.262. The summed E-state index contributed by atoms with van der Waals surface area (Å²) in [7, 11) is 1.56. The Bertz CT molecular complexity index is 895. The second kappa shape index (κ2) is 8.07. The minimum absolute atomic E-state index is 0.342. The second-order valence-electron chi connectivity index (χ2n) is 5.67. The van der Waals surface area contributed by atoms with E-state index in [1.807, 2.05) is 61.5 Å². The van der Waals surface area contributed by atoms with Gasteiger partial charge in [0.05, 0.1) is 12.8 Å². The van der Waals surface area contributed by atoms with Gasteiger partial charge < -0.3 is 20.1 Å². The highest BCUT2D eigenvalue weighted by molar-refractivity contribution is 6.00. The van der Waals surface area contributed by atoms with Crippen molar-refractivity contribution in [2.75, 3.05) is 17.7 Å². The molecule has 0 aliphatic heterocycles. The molecule has 0 aliphatic carbocycles. The first-order valence-electron chi connectivity index (χ1n) is 8.20. The van der Waals surface area contributed by atoms with Crippen molar-refractivity contribution in [1.82, 2.24) is 0 Å². The summed E-state index contributed by atoms with van der Waals surface area (Å²) >= 11 is 0. The first-order chi connectivity index (χ1) is 12.7. The van der Waals surface area contributed by atoms with Crippen molar-refractivity contribution in [2.24, 2.45) is 0 Å². The van der Waals surface area contributed by atoms with Crippen LogP contribution in [0.2, 0.25) is 0 Å². The molecule has 26 heavy (non-hydrogen) atoms. The van der Waals surface area contributed by atoms with Crippen LogP contribution in [0.1, 0.15) is 5.56 Å². The summed E-state index contributed by atoms with van der Waals surface area (Å²) in [6.07, 6.45) is 0. The number of benzene rings is 3. The number of ether oxygens (including phenoxy) is 2. The van der Waals surface area contributed by atoms with Crippen molar-refractivity contribution < 1.29 is 14.3 Å². The van der Waals surface area contributed by atoms with Crippen molar-refractivity contribution >= 4 is 17.4 Å². The molecule has 0 saturated heterocycles. The minimum atomic E-state index is -0.342. The van der Waals surface area contributed by atoms with Crippen LogP contribution < -0.4 is 20.1 Å². The number of amides is 2. The van der Waals surface area contributed by atoms with Gasteiger partial charge in [0.15, 0.2) is 0 Å². The lowest BCUT2D eigenvalue weighted by atomic mass is 10.2. The summed E-state index contributed by atoms with van der Waals surface area (Å²) in [6.45, 7) is 1.93. The zero-order chi connectivity index (χ0) is 18.4. The number of hydrogen-bond donors (Lipinski definition) is 2. The first-order valence-corrected chi connectivity index (χ1v) is 8.20. The fraction of sp³-hybridized carbons (Fsp3) is 0.0952. The van der Waals surface area contributed by atoms with Crippen LogP contribution in [-0.4, -0.2) is 13.1 Å². The average Bonchev–Trinajstić information content (AvgIpc) is 2.65. The van der Waals surface area contributed by atoms with E-state index in [1.165, 1.54) is 0 Å². The van der Waals surface area contributed by atoms with Gasteiger partial charge in [0, 0.05) is 5.69 Å². The Morgan fingerprint density at radius 1 is 0.846 bits per heavy atom. The van der Waals surface area contributed by atoms with Crippen molar-refractivity contribution in [2.45, 2.75) is 6.92 Å². The van der Waals surface area contributed by atoms with E-state index in [0.29, 0.717) is 17.1 Å². The van der Waals surface area contributed by atoms with Crippen molar-refractivity contribution in [1.29, 1.82) is 0 Å². The molecule has 0 aromatic heterocycles. The Balaban J connectivity index is 1.66. The van der Waals surface area contributed by atoms with Gasteiger partial charge >= 0.3 is 6.03 Å². The third-order valence-electron chi connectivity index (χ3n) is 3.76. The molecule has 0 spiro atoms. The molecule has 0 heterocycles. The Morgan fingerprint density at radius 2 is 1.58 bits per heavy atom. The Labute approximate surface area is 152 Å². The third kappa shape index (κ3) is 4.33. The van der Waals surface area contributed by atoms with E-state index >= 15 is 0 Å². The summed E-state index contributed by atoms with van der Waals surface area (Å²) in [4.78, 5) is 12.2. The highest BCUT2D eigenvalue weighted by Crippen LogP contribution is 2.27. The molecule has 0 saturated carbocycles. The molecule has 3 rings (SSSR count). The number of nitrogens with one attached hydrogen (secondary N) is 2. The van der Waals surface area contributed by atoms with E-state index in [0.717, 1.165) is 17.1 Å². The van der Waals surface area contributed by atoms with Gasteiger partial charge in [-0.1, -0.05) is 30.3 Å². The Hall–Kier alpha value is -3.47. The molecule has 3 aromatic rings. The molecule has 0 atom stereocenters. The van der Waals surface area contributed by atoms with Crippen molar-refractivity contribution in [3.8, 4) is 17.2 Å². The Kier molecular flexibility index (Phi) is 5.39. The maximum Gasteiger partial charge on any atom is 0.323 e. The maximum atomic E-state index is 12.2. The molecule has 5 heteroatoms. The fourth-order valence-corrected chi connectivity index (χ4v) is 2.49. The zero-order valence-electron chi connectivity index (χ0n) is 14.7. The molecular weight excluding hydrogens is 328 g/mol. The molecule has 0 fully saturated rings. The minimum Gasteiger partial charge on any atom is -0.495 e. The van der Waals surface area contributed by atoms with Gasteiger partial charge in [-0.25, -0.2) is 4.79 Å². The van der Waals surface area contributed by atoms with Crippen molar-refractivity contribution in [3.63, 3.8) is 0 Å². The number of carbonyl (C=O) groups excluding carboxylic acids is 1. The van der Waals surface area contributed by atoms with Gasteiger partial charge in [0.25, 0.3) is 0 Å². The SMILES string of the molecule is COc1ccccc1NC(=O)Nc1ccc(Oc2ccccc2)c(C)c1. The lowest BCUT2D eigenvalue weighted by Gasteiger charge is -2.13. The monoisotopic (exact) mass is 348 g/mol. The summed E-state index contributed by atoms with van der Waals surface area (Å²) < 4.78 is 11.1. The topological polar surface area (TPSA) is 59.6 Å². The number of para-hydroxylation sites is 3. The molecule has 2 amide bonds. The summed E-state index contributed by atoms with van der Waals surface area (Å²) in [5.74, 6) is 2.11. The third-order valence-corrected chi connectivity index (χ3v) is 3.76. The number of methoxy groups -OCH3 is 1. The molecule has 132 valence electrons. The number of hydrogen-bond acceptors (Lipinski definition) is 3. The summed E-state index contributed by atoms with van der Waals surface area (Å²) in [5.41, 5.74) is 2.20. The number of carbonyl (C=O) groups is 1. The molecular formula is C21H20N2O3. The molecule has 0 radical (unpaired) electrons. The molecule has 3 aromatic carbocycles. The van der Waals surface area contributed by atoms with Crippen molar-refractivity contribution in [3.05, 3.63) is 78.4 Å². The van der Waals surface area contributed by atoms with Gasteiger partial charge in [-0.05, 0) is 55.0 Å². The van der Waals surface area contributed by atoms with Crippen LogP contribution in [0.3, 0.4) is 0 Å². The largest absolute Gasteiger partial charge is 0.495 e. The standard InChI is InChI=1S/C21H20N2O3/c1-15-14-16(12-13-19(15)26-17-8-4-3-5-9-17)22-21(24)23-18-10-6-7-11-20(18)25-2/h3-14H,1-2H3,(H2,22,23,24). The van der Waals surface area contributed by atoms with Crippen LogP contribution in [0.4, 0.5) is 16.2 Å². The number of anilines is 2. The molecule has 0 aliphatic rings. The van der Waals surface area contributed by atoms with E-state index in [-0.39, 0.29) is 6.03 Å². The van der Waals surface area contributed by atoms with Crippen LogP contribution in [0, 0.1) is 6.92 Å². The van der Waals surface area contributed by atoms with Crippen LogP contribution >= 0.6 is 0 Å². The lowest BCUT2D eigenvalue weighted by Crippen LogP contribution is -2.19. The Morgan fingerprint density at radius 3 is 2.31 bits per heavy atom. The average molecular weight is 348 g/mol. The van der Waals surface area contributed by atoms with E-state index in [1.54, 1.807) is 25.3 Å². The smallest absolute Gasteiger partial charge is 0.323 e. The van der Waals surface area contributed by atoms with Gasteiger partial charge in [0.2, 0.25) is 0 Å². The quantitative estimate of drug-likeness (QED) is 0.645. The van der Waals surface area contributed by atoms with Crippen LogP contribution in [-0.2, 0) is 0 Å². The molecule has 0 unspecified atom stereocenters. The highest BCUT2D eigenvalue weighted by atomic mass is 16.5. The van der Waals surface area contributed by atoms with Gasteiger partial charge in [-0.2, -0.15) is 0 Å². The predicted octanol–water partition coefficient (Wildman–Crippen LogP) is 5.44. The summed E-state index contributed by atoms with van der Waals surface area (Å²) in [6, 6.07) is 22.0. The second-order valence-corrected chi connectivity index (χ2v) is 5.67. The van der Waals surface area contributed by atoms with E-state index in [2.05, 4.69) is 10.6 Å². The molecule has 5 nitrogen and oxygen atoms in total. The number of rotatable bonds is 5. The first kappa shape index (κ1) is 17.4. The van der Waals surface area contributed by atoms with Crippen LogP contribution in [0.5, 0.6) is 17.2 Å². The highest BCUT2D eigenvalue weighted by Gasteiger charge is 2.08. The predicted molar refractivity (Wildman–Crippen MR) is 103 cm³/mol.